The molecule has 10 heavy (non-hydrogen) atoms. The highest BCUT2D eigenvalue weighted by Gasteiger charge is 1.81. The first-order chi connectivity index (χ1) is 4.77. The van der Waals surface area contributed by atoms with Gasteiger partial charge in [-0.2, -0.15) is 12.6 Å². The van der Waals surface area contributed by atoms with E-state index in [-0.39, 0.29) is 5.75 Å². The number of thiol groups is 1. The van der Waals surface area contributed by atoms with Gasteiger partial charge in [0.05, 0.1) is 11.3 Å². The van der Waals surface area contributed by atoms with E-state index in [0.29, 0.717) is 0 Å². The molecule has 0 atom stereocenters. The highest BCUT2D eigenvalue weighted by atomic mass is 32.1. The first-order valence-corrected chi connectivity index (χ1v) is 3.99. The fourth-order valence-corrected chi connectivity index (χ4v) is 0.527. The van der Waals surface area contributed by atoms with Gasteiger partial charge in [0.25, 0.3) is 0 Å². The summed E-state index contributed by atoms with van der Waals surface area (Å²) in [6.07, 6.45) is 1.77. The molecule has 0 aliphatic carbocycles. The molecule has 0 spiro atoms. The summed E-state index contributed by atoms with van der Waals surface area (Å²) in [7, 11) is 0. The van der Waals surface area contributed by atoms with Crippen molar-refractivity contribution in [2.75, 3.05) is 5.75 Å². The van der Waals surface area contributed by atoms with Crippen LogP contribution in [-0.4, -0.2) is 21.8 Å². The number of rotatable bonds is 1. The Morgan fingerprint density at radius 1 is 1.80 bits per heavy atom. The molecule has 1 rings (SSSR count). The Morgan fingerprint density at radius 3 is 2.50 bits per heavy atom. The zero-order valence-electron chi connectivity index (χ0n) is 5.10. The fourth-order valence-electron chi connectivity index (χ4n) is 0.176. The summed E-state index contributed by atoms with van der Waals surface area (Å²) < 4.78 is 0. The van der Waals surface area contributed by atoms with Gasteiger partial charge in [0.2, 0.25) is 0 Å². The lowest BCUT2D eigenvalue weighted by atomic mass is 10.8. The number of aromatic nitrogens is 1. The van der Waals surface area contributed by atoms with Gasteiger partial charge in [-0.25, -0.2) is 0 Å². The molecule has 0 saturated carbocycles. The van der Waals surface area contributed by atoms with Crippen LogP contribution in [0.5, 0.6) is 0 Å². The Hall–Kier alpha value is -0.550. The van der Waals surface area contributed by atoms with E-state index in [1.54, 1.807) is 23.0 Å². The molecule has 0 aliphatic heterocycles. The van der Waals surface area contributed by atoms with Crippen LogP contribution in [0.3, 0.4) is 0 Å². The second-order valence-electron chi connectivity index (χ2n) is 1.23. The Bertz CT molecular complexity index is 147. The Balaban J connectivity index is 0.000000162. The third-order valence-corrected chi connectivity index (χ3v) is 1.28. The Morgan fingerprint density at radius 2 is 2.40 bits per heavy atom. The van der Waals surface area contributed by atoms with Crippen LogP contribution in [0.2, 0.25) is 0 Å². The lowest BCUT2D eigenvalue weighted by Crippen LogP contribution is -1.92. The molecule has 0 radical (unpaired) electrons. The van der Waals surface area contributed by atoms with Gasteiger partial charge in [0.1, 0.15) is 0 Å². The molecule has 1 aromatic rings. The molecule has 0 aromatic carbocycles. The molecule has 1 aromatic heterocycles. The molecule has 0 saturated heterocycles. The van der Waals surface area contributed by atoms with E-state index >= 15 is 0 Å². The second-order valence-corrected chi connectivity index (χ2v) is 2.30. The third kappa shape index (κ3) is 7.45. The van der Waals surface area contributed by atoms with E-state index in [1.165, 1.54) is 0 Å². The van der Waals surface area contributed by atoms with E-state index in [1.807, 2.05) is 5.38 Å². The summed E-state index contributed by atoms with van der Waals surface area (Å²) in [5.41, 5.74) is 1.79. The van der Waals surface area contributed by atoms with Crippen LogP contribution in [0.15, 0.2) is 17.1 Å². The summed E-state index contributed by atoms with van der Waals surface area (Å²) in [6.45, 7) is 0. The van der Waals surface area contributed by atoms with Gasteiger partial charge >= 0.3 is 5.97 Å². The maximum Gasteiger partial charge on any atom is 0.313 e. The maximum absolute atomic E-state index is 9.29. The quantitative estimate of drug-likeness (QED) is 0.632. The van der Waals surface area contributed by atoms with Crippen molar-refractivity contribution in [3.8, 4) is 0 Å². The van der Waals surface area contributed by atoms with Crippen molar-refractivity contribution in [2.45, 2.75) is 0 Å². The molecule has 0 amide bonds. The molecule has 0 fully saturated rings. The number of carbonyl (C=O) groups is 1. The summed E-state index contributed by atoms with van der Waals surface area (Å²) in [4.78, 5) is 13.0. The first-order valence-electron chi connectivity index (χ1n) is 2.42. The van der Waals surface area contributed by atoms with Gasteiger partial charge in [0, 0.05) is 11.6 Å². The number of carboxylic acid groups (broad SMARTS) is 1. The highest BCUT2D eigenvalue weighted by molar-refractivity contribution is 7.81. The van der Waals surface area contributed by atoms with Gasteiger partial charge in [-0.3, -0.25) is 9.78 Å². The first kappa shape index (κ1) is 9.45. The molecule has 1 N–H and O–H groups in total. The maximum atomic E-state index is 9.29. The van der Waals surface area contributed by atoms with Crippen molar-refractivity contribution in [1.82, 2.24) is 4.98 Å². The molecule has 5 heteroatoms. The molecule has 1 heterocycles. The number of nitrogens with zero attached hydrogens (tertiary/aromatic N) is 1. The minimum Gasteiger partial charge on any atom is -0.481 e. The minimum atomic E-state index is -0.881. The van der Waals surface area contributed by atoms with Crippen molar-refractivity contribution in [1.29, 1.82) is 0 Å². The average molecular weight is 177 g/mol. The summed E-state index contributed by atoms with van der Waals surface area (Å²) in [5.74, 6) is -0.965. The summed E-state index contributed by atoms with van der Waals surface area (Å²) >= 11 is 5.02. The smallest absolute Gasteiger partial charge is 0.313 e. The van der Waals surface area contributed by atoms with Crippen LogP contribution < -0.4 is 0 Å². The van der Waals surface area contributed by atoms with E-state index in [4.69, 9.17) is 5.11 Å². The second kappa shape index (κ2) is 6.57. The minimum absolute atomic E-state index is 0.0833. The van der Waals surface area contributed by atoms with Gasteiger partial charge in [-0.1, -0.05) is 0 Å². The molecule has 0 bridgehead atoms. The van der Waals surface area contributed by atoms with E-state index < -0.39 is 5.97 Å². The number of aliphatic carboxylic acids is 1. The van der Waals surface area contributed by atoms with Crippen LogP contribution >= 0.6 is 24.0 Å². The topological polar surface area (TPSA) is 50.2 Å². The summed E-state index contributed by atoms with van der Waals surface area (Å²) in [5, 5.41) is 9.58. The lowest BCUT2D eigenvalue weighted by molar-refractivity contribution is -0.133. The van der Waals surface area contributed by atoms with E-state index in [9.17, 15) is 4.79 Å². The van der Waals surface area contributed by atoms with Crippen molar-refractivity contribution in [3.05, 3.63) is 17.1 Å². The third-order valence-electron chi connectivity index (χ3n) is 0.482. The van der Waals surface area contributed by atoms with Crippen molar-refractivity contribution < 1.29 is 9.90 Å². The van der Waals surface area contributed by atoms with Crippen LogP contribution in [0.25, 0.3) is 0 Å². The van der Waals surface area contributed by atoms with Crippen LogP contribution in [-0.2, 0) is 4.79 Å². The van der Waals surface area contributed by atoms with Gasteiger partial charge in [-0.05, 0) is 0 Å². The van der Waals surface area contributed by atoms with Crippen LogP contribution in [0.1, 0.15) is 0 Å². The normalized spacial score (nSPS) is 7.70. The molecular formula is C5H7NO2S2. The number of hydrogen-bond acceptors (Lipinski definition) is 4. The number of hydrogen-bond donors (Lipinski definition) is 2. The summed E-state index contributed by atoms with van der Waals surface area (Å²) in [6, 6.07) is 0. The van der Waals surface area contributed by atoms with Crippen molar-refractivity contribution in [2.24, 2.45) is 0 Å². The Kier molecular flexibility index (Phi) is 6.21. The van der Waals surface area contributed by atoms with E-state index in [2.05, 4.69) is 17.6 Å². The SMILES string of the molecule is O=C(O)CS.c1cscn1. The number of thiazole rings is 1. The van der Waals surface area contributed by atoms with Crippen LogP contribution in [0.4, 0.5) is 0 Å². The van der Waals surface area contributed by atoms with Gasteiger partial charge in [0.15, 0.2) is 0 Å². The highest BCUT2D eigenvalue weighted by Crippen LogP contribution is 1.85. The zero-order chi connectivity index (χ0) is 7.82. The number of carboxylic acids is 1. The molecule has 56 valence electrons. The molecular weight excluding hydrogens is 170 g/mol. The predicted octanol–water partition coefficient (Wildman–Crippen LogP) is 1.14. The largest absolute Gasteiger partial charge is 0.481 e. The van der Waals surface area contributed by atoms with Gasteiger partial charge < -0.3 is 5.11 Å². The average Bonchev–Trinajstić information content (AvgIpc) is 2.43. The molecule has 3 nitrogen and oxygen atoms in total. The Labute approximate surface area is 68.1 Å². The van der Waals surface area contributed by atoms with Crippen LogP contribution in [0, 0.1) is 0 Å². The lowest BCUT2D eigenvalue weighted by Gasteiger charge is -1.71. The van der Waals surface area contributed by atoms with Crippen molar-refractivity contribution >= 4 is 29.9 Å². The molecule has 0 unspecified atom stereocenters. The predicted molar refractivity (Wildman–Crippen MR) is 43.6 cm³/mol. The zero-order valence-corrected chi connectivity index (χ0v) is 6.81. The van der Waals surface area contributed by atoms with Gasteiger partial charge in [-0.15, -0.1) is 11.3 Å². The van der Waals surface area contributed by atoms with E-state index in [0.717, 1.165) is 0 Å². The molecule has 0 aliphatic rings. The standard InChI is InChI=1S/C3H3NS.C2H4O2S/c1-2-5-3-4-1;3-2(4)1-5/h1-3H;5H,1H2,(H,3,4). The monoisotopic (exact) mass is 177 g/mol. The van der Waals surface area contributed by atoms with Crippen molar-refractivity contribution in [3.63, 3.8) is 0 Å². The fraction of sp³-hybridized carbons (Fsp3) is 0.200.